The Hall–Kier alpha value is -1.42. The van der Waals surface area contributed by atoms with Crippen LogP contribution in [-0.2, 0) is 11.3 Å². The van der Waals surface area contributed by atoms with Gasteiger partial charge in [0.25, 0.3) is 0 Å². The molecule has 1 aromatic carbocycles. The molecule has 1 saturated carbocycles. The molecule has 0 bridgehead atoms. The third-order valence-electron chi connectivity index (χ3n) is 4.24. The van der Waals surface area contributed by atoms with Crippen LogP contribution in [0.3, 0.4) is 0 Å². The molecule has 0 radical (unpaired) electrons. The second-order valence-electron chi connectivity index (χ2n) is 5.31. The molecule has 0 aromatic heterocycles. The summed E-state index contributed by atoms with van der Waals surface area (Å²) >= 11 is 0. The van der Waals surface area contributed by atoms with Gasteiger partial charge in [-0.05, 0) is 37.5 Å². The average molecular weight is 264 g/mol. The van der Waals surface area contributed by atoms with Crippen molar-refractivity contribution in [1.29, 1.82) is 0 Å². The molecular formula is C15H21FN2O. The van der Waals surface area contributed by atoms with Crippen LogP contribution in [0.1, 0.15) is 44.6 Å². The first kappa shape index (κ1) is 14.0. The van der Waals surface area contributed by atoms with E-state index in [0.717, 1.165) is 32.1 Å². The molecule has 0 saturated heterocycles. The molecule has 4 heteroatoms. The van der Waals surface area contributed by atoms with Crippen molar-refractivity contribution in [3.05, 3.63) is 29.6 Å². The predicted molar refractivity (Wildman–Crippen MR) is 74.1 cm³/mol. The van der Waals surface area contributed by atoms with Gasteiger partial charge >= 0.3 is 0 Å². The number of hydrogen-bond donors (Lipinski definition) is 2. The number of rotatable bonds is 4. The lowest BCUT2D eigenvalue weighted by Gasteiger charge is -2.26. The van der Waals surface area contributed by atoms with E-state index in [-0.39, 0.29) is 23.7 Å². The molecule has 1 aliphatic carbocycles. The van der Waals surface area contributed by atoms with Crippen molar-refractivity contribution in [3.8, 4) is 0 Å². The first-order chi connectivity index (χ1) is 9.11. The van der Waals surface area contributed by atoms with Crippen LogP contribution in [0, 0.1) is 11.2 Å². The highest BCUT2D eigenvalue weighted by Crippen LogP contribution is 2.41. The van der Waals surface area contributed by atoms with Gasteiger partial charge in [0.2, 0.25) is 5.91 Å². The van der Waals surface area contributed by atoms with Crippen molar-refractivity contribution in [2.24, 2.45) is 11.1 Å². The summed E-state index contributed by atoms with van der Waals surface area (Å²) < 4.78 is 13.4. The van der Waals surface area contributed by atoms with Crippen LogP contribution in [0.4, 0.5) is 10.1 Å². The van der Waals surface area contributed by atoms with Gasteiger partial charge in [0, 0.05) is 23.2 Å². The molecule has 0 atom stereocenters. The number of hydrogen-bond acceptors (Lipinski definition) is 2. The third kappa shape index (κ3) is 2.78. The Balaban J connectivity index is 2.14. The second-order valence-corrected chi connectivity index (χ2v) is 5.31. The van der Waals surface area contributed by atoms with Crippen LogP contribution in [-0.4, -0.2) is 5.91 Å². The highest BCUT2D eigenvalue weighted by molar-refractivity contribution is 5.95. The summed E-state index contributed by atoms with van der Waals surface area (Å²) in [6.45, 7) is 2.19. The molecule has 3 nitrogen and oxygen atoms in total. The lowest BCUT2D eigenvalue weighted by atomic mass is 9.82. The maximum Gasteiger partial charge on any atom is 0.230 e. The molecule has 1 aromatic rings. The monoisotopic (exact) mass is 264 g/mol. The minimum Gasteiger partial charge on any atom is -0.326 e. The molecule has 0 heterocycles. The van der Waals surface area contributed by atoms with Gasteiger partial charge < -0.3 is 11.1 Å². The first-order valence-corrected chi connectivity index (χ1v) is 6.91. The number of benzene rings is 1. The summed E-state index contributed by atoms with van der Waals surface area (Å²) in [5.41, 5.74) is 6.29. The average Bonchev–Trinajstić information content (AvgIpc) is 2.91. The molecule has 1 amide bonds. The fourth-order valence-electron chi connectivity index (χ4n) is 2.87. The minimum absolute atomic E-state index is 0.0575. The maximum atomic E-state index is 13.4. The van der Waals surface area contributed by atoms with Crippen molar-refractivity contribution in [3.63, 3.8) is 0 Å². The first-order valence-electron chi connectivity index (χ1n) is 6.91. The van der Waals surface area contributed by atoms with Crippen LogP contribution in [0.2, 0.25) is 0 Å². The molecular weight excluding hydrogens is 243 g/mol. The van der Waals surface area contributed by atoms with E-state index >= 15 is 0 Å². The van der Waals surface area contributed by atoms with Crippen LogP contribution in [0.5, 0.6) is 0 Å². The van der Waals surface area contributed by atoms with Gasteiger partial charge in [0.05, 0.1) is 0 Å². The van der Waals surface area contributed by atoms with Crippen molar-refractivity contribution in [2.75, 3.05) is 5.32 Å². The predicted octanol–water partition coefficient (Wildman–Crippen LogP) is 3.19. The van der Waals surface area contributed by atoms with E-state index in [1.54, 1.807) is 12.1 Å². The number of carbonyl (C=O) groups is 1. The van der Waals surface area contributed by atoms with Crippen molar-refractivity contribution >= 4 is 11.6 Å². The smallest absolute Gasteiger partial charge is 0.230 e. The summed E-state index contributed by atoms with van der Waals surface area (Å²) in [7, 11) is 0. The Labute approximate surface area is 113 Å². The van der Waals surface area contributed by atoms with E-state index in [1.807, 2.05) is 0 Å². The molecule has 1 aliphatic rings. The summed E-state index contributed by atoms with van der Waals surface area (Å²) in [6.07, 6.45) is 4.96. The molecule has 2 rings (SSSR count). The highest BCUT2D eigenvalue weighted by atomic mass is 19.1. The Bertz CT molecular complexity index is 467. The van der Waals surface area contributed by atoms with E-state index in [0.29, 0.717) is 11.3 Å². The molecule has 0 aliphatic heterocycles. The number of anilines is 1. The van der Waals surface area contributed by atoms with Gasteiger partial charge in [0.1, 0.15) is 5.82 Å². The van der Waals surface area contributed by atoms with Crippen LogP contribution in [0.25, 0.3) is 0 Å². The quantitative estimate of drug-likeness (QED) is 0.877. The number of halogens is 1. The summed E-state index contributed by atoms with van der Waals surface area (Å²) in [5, 5.41) is 2.92. The highest BCUT2D eigenvalue weighted by Gasteiger charge is 2.39. The minimum atomic E-state index is -0.327. The standard InChI is InChI=1S/C15H21FN2O/c1-2-15(7-3-4-8-15)14(19)18-12-5-6-13(16)11(9-12)10-17/h5-6,9H,2-4,7-8,10,17H2,1H3,(H,18,19). The molecule has 0 spiro atoms. The zero-order valence-electron chi connectivity index (χ0n) is 11.3. The lowest BCUT2D eigenvalue weighted by Crippen LogP contribution is -2.33. The van der Waals surface area contributed by atoms with Crippen LogP contribution in [0.15, 0.2) is 18.2 Å². The lowest BCUT2D eigenvalue weighted by molar-refractivity contribution is -0.125. The van der Waals surface area contributed by atoms with Crippen LogP contribution >= 0.6 is 0 Å². The van der Waals surface area contributed by atoms with E-state index < -0.39 is 0 Å². The number of amides is 1. The summed E-state index contributed by atoms with van der Waals surface area (Å²) in [5.74, 6) is -0.270. The Morgan fingerprint density at radius 2 is 2.11 bits per heavy atom. The largest absolute Gasteiger partial charge is 0.326 e. The van der Waals surface area contributed by atoms with Gasteiger partial charge in [-0.25, -0.2) is 4.39 Å². The summed E-state index contributed by atoms with van der Waals surface area (Å²) in [6, 6.07) is 4.56. The Kier molecular flexibility index (Phi) is 4.20. The fourth-order valence-corrected chi connectivity index (χ4v) is 2.87. The Morgan fingerprint density at radius 3 is 2.68 bits per heavy atom. The van der Waals surface area contributed by atoms with Gasteiger partial charge in [-0.2, -0.15) is 0 Å². The molecule has 0 unspecified atom stereocenters. The molecule has 19 heavy (non-hydrogen) atoms. The number of carbonyl (C=O) groups excluding carboxylic acids is 1. The fraction of sp³-hybridized carbons (Fsp3) is 0.533. The zero-order valence-corrected chi connectivity index (χ0v) is 11.3. The number of nitrogens with two attached hydrogens (primary N) is 1. The molecule has 104 valence electrons. The van der Waals surface area contributed by atoms with E-state index in [4.69, 9.17) is 5.73 Å². The molecule has 3 N–H and O–H groups in total. The SMILES string of the molecule is CCC1(C(=O)Nc2ccc(F)c(CN)c2)CCCC1. The Morgan fingerprint density at radius 1 is 1.42 bits per heavy atom. The second kappa shape index (κ2) is 5.70. The number of nitrogens with one attached hydrogen (secondary N) is 1. The molecule has 1 fully saturated rings. The normalized spacial score (nSPS) is 17.4. The van der Waals surface area contributed by atoms with E-state index in [1.165, 1.54) is 6.07 Å². The van der Waals surface area contributed by atoms with Gasteiger partial charge in [-0.15, -0.1) is 0 Å². The summed E-state index contributed by atoms with van der Waals surface area (Å²) in [4.78, 5) is 12.4. The maximum absolute atomic E-state index is 13.4. The van der Waals surface area contributed by atoms with Gasteiger partial charge in [-0.1, -0.05) is 19.8 Å². The third-order valence-corrected chi connectivity index (χ3v) is 4.24. The van der Waals surface area contributed by atoms with Crippen molar-refractivity contribution in [2.45, 2.75) is 45.6 Å². The van der Waals surface area contributed by atoms with Crippen molar-refractivity contribution < 1.29 is 9.18 Å². The van der Waals surface area contributed by atoms with Gasteiger partial charge in [0.15, 0.2) is 0 Å². The van der Waals surface area contributed by atoms with Gasteiger partial charge in [-0.3, -0.25) is 4.79 Å². The van der Waals surface area contributed by atoms with E-state index in [2.05, 4.69) is 12.2 Å². The zero-order chi connectivity index (χ0) is 13.9. The topological polar surface area (TPSA) is 55.1 Å². The van der Waals surface area contributed by atoms with E-state index in [9.17, 15) is 9.18 Å². The van der Waals surface area contributed by atoms with Crippen molar-refractivity contribution in [1.82, 2.24) is 0 Å². The van der Waals surface area contributed by atoms with Crippen LogP contribution < -0.4 is 11.1 Å².